The minimum atomic E-state index is -0.325. The van der Waals surface area contributed by atoms with Crippen molar-refractivity contribution in [1.82, 2.24) is 0 Å². The van der Waals surface area contributed by atoms with Crippen LogP contribution in [-0.2, 0) is 9.53 Å². The second-order valence-corrected chi connectivity index (χ2v) is 9.62. The minimum absolute atomic E-state index is 0.0383. The molecule has 0 saturated carbocycles. The van der Waals surface area contributed by atoms with E-state index < -0.39 is 0 Å². The topological polar surface area (TPSA) is 46.5 Å². The highest BCUT2D eigenvalue weighted by atomic mass is 16.5. The molecule has 0 aliphatic heterocycles. The standard InChI is InChI=1S/C27H54O3/c1-5-7-9-11-13-14-16-18-20-26(19-17-15-12-10-8-6-2)23-27(29)30-25(4)22-21-24(3)28/h24-26,28H,5-23H2,1-4H3. The summed E-state index contributed by atoms with van der Waals surface area (Å²) >= 11 is 0. The first-order valence-corrected chi connectivity index (χ1v) is 13.4. The van der Waals surface area contributed by atoms with Crippen LogP contribution in [0.2, 0.25) is 0 Å². The Bertz CT molecular complexity index is 367. The predicted molar refractivity (Wildman–Crippen MR) is 130 cm³/mol. The van der Waals surface area contributed by atoms with E-state index in [0.29, 0.717) is 18.8 Å². The molecule has 0 aromatic carbocycles. The van der Waals surface area contributed by atoms with Crippen LogP contribution >= 0.6 is 0 Å². The molecule has 0 bridgehead atoms. The van der Waals surface area contributed by atoms with Gasteiger partial charge in [-0.15, -0.1) is 0 Å². The third kappa shape index (κ3) is 20.7. The summed E-state index contributed by atoms with van der Waals surface area (Å²) in [5.41, 5.74) is 0. The zero-order valence-corrected chi connectivity index (χ0v) is 20.9. The van der Waals surface area contributed by atoms with Crippen molar-refractivity contribution in [2.75, 3.05) is 0 Å². The molecule has 0 spiro atoms. The number of rotatable bonds is 22. The highest BCUT2D eigenvalue weighted by Gasteiger charge is 2.17. The number of esters is 1. The maximum Gasteiger partial charge on any atom is 0.306 e. The Morgan fingerprint density at radius 1 is 0.667 bits per heavy atom. The molecule has 0 aromatic heterocycles. The second kappa shape index (κ2) is 21.7. The molecular weight excluding hydrogens is 372 g/mol. The monoisotopic (exact) mass is 426 g/mol. The van der Waals surface area contributed by atoms with Gasteiger partial charge >= 0.3 is 5.97 Å². The van der Waals surface area contributed by atoms with Gasteiger partial charge in [-0.05, 0) is 45.4 Å². The summed E-state index contributed by atoms with van der Waals surface area (Å²) in [5.74, 6) is 0.441. The maximum atomic E-state index is 12.4. The molecule has 3 unspecified atom stereocenters. The van der Waals surface area contributed by atoms with Crippen LogP contribution in [0.25, 0.3) is 0 Å². The predicted octanol–water partition coefficient (Wildman–Crippen LogP) is 8.37. The van der Waals surface area contributed by atoms with Gasteiger partial charge in [0.1, 0.15) is 0 Å². The van der Waals surface area contributed by atoms with Crippen molar-refractivity contribution in [2.45, 2.75) is 162 Å². The van der Waals surface area contributed by atoms with Crippen LogP contribution in [0.15, 0.2) is 0 Å². The molecule has 0 aromatic rings. The van der Waals surface area contributed by atoms with Crippen molar-refractivity contribution < 1.29 is 14.6 Å². The van der Waals surface area contributed by atoms with Gasteiger partial charge in [-0.25, -0.2) is 0 Å². The Kier molecular flexibility index (Phi) is 21.2. The molecule has 0 aliphatic rings. The van der Waals surface area contributed by atoms with Crippen LogP contribution in [0.4, 0.5) is 0 Å². The fraction of sp³-hybridized carbons (Fsp3) is 0.963. The van der Waals surface area contributed by atoms with Gasteiger partial charge in [0.25, 0.3) is 0 Å². The summed E-state index contributed by atoms with van der Waals surface area (Å²) in [4.78, 5) is 12.4. The van der Waals surface area contributed by atoms with Crippen LogP contribution < -0.4 is 0 Å². The fourth-order valence-corrected chi connectivity index (χ4v) is 4.17. The molecule has 0 fully saturated rings. The quantitative estimate of drug-likeness (QED) is 0.140. The summed E-state index contributed by atoms with van der Waals surface area (Å²) in [6.07, 6.45) is 22.5. The molecule has 3 heteroatoms. The van der Waals surface area contributed by atoms with E-state index in [-0.39, 0.29) is 18.2 Å². The summed E-state index contributed by atoms with van der Waals surface area (Å²) < 4.78 is 5.62. The van der Waals surface area contributed by atoms with Gasteiger partial charge in [0.15, 0.2) is 0 Å². The van der Waals surface area contributed by atoms with Gasteiger partial charge < -0.3 is 9.84 Å². The Labute approximate surface area is 188 Å². The first kappa shape index (κ1) is 29.4. The maximum absolute atomic E-state index is 12.4. The number of carbonyl (C=O) groups is 1. The van der Waals surface area contributed by atoms with E-state index in [2.05, 4.69) is 13.8 Å². The average Bonchev–Trinajstić information content (AvgIpc) is 2.70. The zero-order chi connectivity index (χ0) is 22.5. The van der Waals surface area contributed by atoms with E-state index in [9.17, 15) is 9.90 Å². The van der Waals surface area contributed by atoms with Crippen molar-refractivity contribution in [3.8, 4) is 0 Å². The van der Waals surface area contributed by atoms with E-state index in [1.54, 1.807) is 6.92 Å². The molecule has 0 saturated heterocycles. The molecule has 3 nitrogen and oxygen atoms in total. The molecule has 0 radical (unpaired) electrons. The third-order valence-electron chi connectivity index (χ3n) is 6.21. The zero-order valence-electron chi connectivity index (χ0n) is 20.9. The lowest BCUT2D eigenvalue weighted by Gasteiger charge is -2.19. The molecule has 0 amide bonds. The number of carbonyl (C=O) groups excluding carboxylic acids is 1. The first-order valence-electron chi connectivity index (χ1n) is 13.4. The van der Waals surface area contributed by atoms with E-state index in [1.165, 1.54) is 103 Å². The average molecular weight is 427 g/mol. The van der Waals surface area contributed by atoms with Gasteiger partial charge in [0.05, 0.1) is 12.2 Å². The highest BCUT2D eigenvalue weighted by Crippen LogP contribution is 2.23. The minimum Gasteiger partial charge on any atom is -0.463 e. The molecule has 3 atom stereocenters. The van der Waals surface area contributed by atoms with Gasteiger partial charge in [-0.3, -0.25) is 4.79 Å². The smallest absolute Gasteiger partial charge is 0.306 e. The van der Waals surface area contributed by atoms with E-state index in [4.69, 9.17) is 4.74 Å². The number of aliphatic hydroxyl groups is 1. The van der Waals surface area contributed by atoms with E-state index in [0.717, 1.165) is 6.42 Å². The van der Waals surface area contributed by atoms with Crippen molar-refractivity contribution in [2.24, 2.45) is 5.92 Å². The van der Waals surface area contributed by atoms with Crippen LogP contribution in [-0.4, -0.2) is 23.3 Å². The fourth-order valence-electron chi connectivity index (χ4n) is 4.17. The van der Waals surface area contributed by atoms with Crippen molar-refractivity contribution in [3.05, 3.63) is 0 Å². The lowest BCUT2D eigenvalue weighted by molar-refractivity contribution is -0.150. The van der Waals surface area contributed by atoms with E-state index in [1.807, 2.05) is 6.92 Å². The van der Waals surface area contributed by atoms with Crippen LogP contribution in [0, 0.1) is 5.92 Å². The molecule has 30 heavy (non-hydrogen) atoms. The lowest BCUT2D eigenvalue weighted by atomic mass is 9.91. The largest absolute Gasteiger partial charge is 0.463 e. The van der Waals surface area contributed by atoms with Crippen molar-refractivity contribution in [1.29, 1.82) is 0 Å². The molecule has 0 rings (SSSR count). The summed E-state index contributed by atoms with van der Waals surface area (Å²) in [6.45, 7) is 8.26. The van der Waals surface area contributed by atoms with Gasteiger partial charge in [0, 0.05) is 6.42 Å². The van der Waals surface area contributed by atoms with Crippen LogP contribution in [0.5, 0.6) is 0 Å². The normalized spacial score (nSPS) is 14.4. The number of unbranched alkanes of at least 4 members (excludes halogenated alkanes) is 12. The Morgan fingerprint density at radius 3 is 1.53 bits per heavy atom. The molecule has 1 N–H and O–H groups in total. The number of aliphatic hydroxyl groups excluding tert-OH is 1. The molecular formula is C27H54O3. The van der Waals surface area contributed by atoms with Gasteiger partial charge in [-0.1, -0.05) is 104 Å². The van der Waals surface area contributed by atoms with Crippen LogP contribution in [0.3, 0.4) is 0 Å². The van der Waals surface area contributed by atoms with Crippen LogP contribution in [0.1, 0.15) is 150 Å². The van der Waals surface area contributed by atoms with E-state index >= 15 is 0 Å². The lowest BCUT2D eigenvalue weighted by Crippen LogP contribution is -2.19. The second-order valence-electron chi connectivity index (χ2n) is 9.62. The summed E-state index contributed by atoms with van der Waals surface area (Å²) in [6, 6.07) is 0. The van der Waals surface area contributed by atoms with Gasteiger partial charge in [0.2, 0.25) is 0 Å². The highest BCUT2D eigenvalue weighted by molar-refractivity contribution is 5.69. The SMILES string of the molecule is CCCCCCCCCCC(CCCCCCCC)CC(=O)OC(C)CCC(C)O. The Balaban J connectivity index is 4.17. The molecule has 0 aliphatic carbocycles. The summed E-state index contributed by atoms with van der Waals surface area (Å²) in [5, 5.41) is 9.42. The van der Waals surface area contributed by atoms with Crippen molar-refractivity contribution in [3.63, 3.8) is 0 Å². The van der Waals surface area contributed by atoms with Crippen molar-refractivity contribution >= 4 is 5.97 Å². The number of hydrogen-bond donors (Lipinski definition) is 1. The molecule has 180 valence electrons. The Morgan fingerprint density at radius 2 is 1.10 bits per heavy atom. The number of hydrogen-bond acceptors (Lipinski definition) is 3. The third-order valence-corrected chi connectivity index (χ3v) is 6.21. The molecule has 0 heterocycles. The number of ether oxygens (including phenoxy) is 1. The Hall–Kier alpha value is -0.570. The first-order chi connectivity index (χ1) is 14.5. The summed E-state index contributed by atoms with van der Waals surface area (Å²) in [7, 11) is 0. The van der Waals surface area contributed by atoms with Gasteiger partial charge in [-0.2, -0.15) is 0 Å².